The van der Waals surface area contributed by atoms with Gasteiger partial charge in [-0.15, -0.1) is 0 Å². The Bertz CT molecular complexity index is 1030. The van der Waals surface area contributed by atoms with Crippen LogP contribution in [0.2, 0.25) is 0 Å². The Morgan fingerprint density at radius 2 is 1.64 bits per heavy atom. The number of nitrogens with one attached hydrogen (secondary N) is 1. The van der Waals surface area contributed by atoms with Gasteiger partial charge in [0.2, 0.25) is 0 Å². The quantitative estimate of drug-likeness (QED) is 0.239. The van der Waals surface area contributed by atoms with Gasteiger partial charge in [-0.05, 0) is 94.7 Å². The van der Waals surface area contributed by atoms with Crippen molar-refractivity contribution in [3.05, 3.63) is 0 Å². The molecule has 0 aromatic carbocycles. The van der Waals surface area contributed by atoms with Crippen molar-refractivity contribution in [2.75, 3.05) is 20.6 Å². The number of rotatable bonds is 4. The fourth-order valence-corrected chi connectivity index (χ4v) is 7.17. The summed E-state index contributed by atoms with van der Waals surface area (Å²) in [4.78, 5) is 30.5. The predicted octanol–water partition coefficient (Wildman–Crippen LogP) is 1.85. The van der Waals surface area contributed by atoms with E-state index >= 15 is 0 Å². The van der Waals surface area contributed by atoms with Crippen LogP contribution < -0.4 is 5.32 Å². The molecule has 2 heterocycles. The van der Waals surface area contributed by atoms with Gasteiger partial charge in [0.15, 0.2) is 6.29 Å². The highest BCUT2D eigenvalue weighted by Gasteiger charge is 2.50. The molecule has 2 rings (SSSR count). The molecule has 2 aliphatic rings. The summed E-state index contributed by atoms with van der Waals surface area (Å²) in [6.45, 7) is 18.7. The lowest BCUT2D eigenvalue weighted by Crippen LogP contribution is -2.62. The third-order valence-electron chi connectivity index (χ3n) is 9.91. The van der Waals surface area contributed by atoms with E-state index in [4.69, 9.17) is 14.2 Å². The number of carbonyl (C=O) groups is 2. The van der Waals surface area contributed by atoms with Crippen molar-refractivity contribution >= 4 is 12.0 Å². The van der Waals surface area contributed by atoms with E-state index in [1.165, 1.54) is 18.7 Å². The van der Waals surface area contributed by atoms with Gasteiger partial charge in [-0.25, -0.2) is 4.79 Å². The van der Waals surface area contributed by atoms with Crippen molar-refractivity contribution in [1.82, 2.24) is 15.1 Å². The average Bonchev–Trinajstić information content (AvgIpc) is 2.94. The van der Waals surface area contributed by atoms with E-state index in [1.54, 1.807) is 27.7 Å². The van der Waals surface area contributed by atoms with Crippen LogP contribution in [0.15, 0.2) is 0 Å². The number of carbonyl (C=O) groups excluding carboxylic acids is 2. The lowest BCUT2D eigenvalue weighted by atomic mass is 9.78. The highest BCUT2D eigenvalue weighted by atomic mass is 16.7. The molecule has 13 heteroatoms. The molecule has 0 radical (unpaired) electrons. The summed E-state index contributed by atoms with van der Waals surface area (Å²) in [5.41, 5.74) is -4.23. The van der Waals surface area contributed by atoms with E-state index in [1.807, 2.05) is 53.6 Å². The lowest BCUT2D eigenvalue weighted by Gasteiger charge is -2.46. The second-order valence-corrected chi connectivity index (χ2v) is 16.0. The highest BCUT2D eigenvalue weighted by Crippen LogP contribution is 2.36. The maximum atomic E-state index is 13.7. The number of hydrogen-bond donors (Lipinski definition) is 6. The number of likely N-dealkylation sites (N-methyl/N-ethyl adjacent to an activating group) is 1. The van der Waals surface area contributed by atoms with E-state index in [-0.39, 0.29) is 37.5 Å². The fourth-order valence-electron chi connectivity index (χ4n) is 7.17. The molecule has 0 bridgehead atoms. The topological polar surface area (TPSA) is 181 Å². The van der Waals surface area contributed by atoms with Gasteiger partial charge in [0, 0.05) is 24.0 Å². The van der Waals surface area contributed by atoms with Gasteiger partial charge < -0.3 is 54.9 Å². The molecule has 276 valence electrons. The Balaban J connectivity index is 2.66. The summed E-state index contributed by atoms with van der Waals surface area (Å²) >= 11 is 0. The van der Waals surface area contributed by atoms with Gasteiger partial charge in [-0.3, -0.25) is 4.79 Å². The normalized spacial score (nSPS) is 43.6. The van der Waals surface area contributed by atoms with E-state index in [0.29, 0.717) is 6.42 Å². The second-order valence-electron chi connectivity index (χ2n) is 16.0. The smallest absolute Gasteiger partial charge is 0.318 e. The van der Waals surface area contributed by atoms with Crippen LogP contribution in [0.1, 0.15) is 95.4 Å². The van der Waals surface area contributed by atoms with Crippen molar-refractivity contribution in [3.63, 3.8) is 0 Å². The maximum absolute atomic E-state index is 13.7. The number of cyclic esters (lactones) is 1. The average molecular weight is 676 g/mol. The molecule has 2 fully saturated rings. The molecule has 13 nitrogen and oxygen atoms in total. The summed E-state index contributed by atoms with van der Waals surface area (Å²) in [7, 11) is 3.70. The van der Waals surface area contributed by atoms with Crippen molar-refractivity contribution < 1.29 is 49.3 Å². The number of esters is 1. The number of hydrogen-bond acceptors (Lipinski definition) is 11. The van der Waals surface area contributed by atoms with Gasteiger partial charge in [0.1, 0.15) is 23.9 Å². The monoisotopic (exact) mass is 675 g/mol. The molecule has 2 unspecified atom stereocenters. The molecule has 47 heavy (non-hydrogen) atoms. The number of ether oxygens (including phenoxy) is 3. The zero-order valence-electron chi connectivity index (χ0n) is 30.9. The van der Waals surface area contributed by atoms with Gasteiger partial charge in [0.25, 0.3) is 0 Å². The van der Waals surface area contributed by atoms with Gasteiger partial charge >= 0.3 is 12.0 Å². The molecule has 0 spiro atoms. The Morgan fingerprint density at radius 1 is 1.06 bits per heavy atom. The van der Waals surface area contributed by atoms with E-state index in [9.17, 15) is 35.1 Å². The fraction of sp³-hybridized carbons (Fsp3) is 0.941. The minimum Gasteiger partial charge on any atom is -0.459 e. The first kappa shape index (κ1) is 41.6. The van der Waals surface area contributed by atoms with Crippen LogP contribution in [0.25, 0.3) is 0 Å². The van der Waals surface area contributed by atoms with Gasteiger partial charge in [-0.1, -0.05) is 20.8 Å². The molecular weight excluding hydrogens is 610 g/mol. The predicted molar refractivity (Wildman–Crippen MR) is 177 cm³/mol. The maximum Gasteiger partial charge on any atom is 0.318 e. The number of amides is 2. The third kappa shape index (κ3) is 10.2. The molecule has 0 saturated carbocycles. The Labute approximate surface area is 281 Å². The highest BCUT2D eigenvalue weighted by molar-refractivity contribution is 5.75. The van der Waals surface area contributed by atoms with E-state index in [0.717, 1.165) is 0 Å². The van der Waals surface area contributed by atoms with Crippen LogP contribution in [0, 0.1) is 17.8 Å². The molecular formula is C34H65N3O10. The van der Waals surface area contributed by atoms with E-state index < -0.39 is 83.4 Å². The third-order valence-corrected chi connectivity index (χ3v) is 9.91. The molecule has 2 amide bonds. The minimum absolute atomic E-state index is 0.0686. The molecule has 14 atom stereocenters. The molecule has 0 aromatic heterocycles. The SMILES string of the molecule is CC[C@H]1OC(=O)[C@H](C)C(O)[C@H](C)[C@@H](O[C@@H]2O[C@H](C)C[C@H](N(C)C)[C@H]2O)C(C)(O)C[C@@H](C)CN(C(=O)NC(C)(C)C)[C@H](C)[C@@H](O)[C@]1(C)O. The second kappa shape index (κ2) is 16.0. The standard InChI is InChI=1S/C34H65N3O10/c1-14-24-34(11,44)27(40)22(6)37(31(42)35-32(7,8)9)17-18(2)16-33(10,43)28(20(4)25(38)21(5)29(41)46-24)47-30-26(39)23(36(12)13)15-19(3)45-30/h18-28,30,38-40,43-44H,14-17H2,1-13H3,(H,35,42)/t18-,19-,20+,21-,22-,23+,24-,25?,26-,27-,28-,30+,33?,34-/m1/s1. The summed E-state index contributed by atoms with van der Waals surface area (Å²) in [5.74, 6) is -3.19. The van der Waals surface area contributed by atoms with Crippen molar-refractivity contribution in [1.29, 1.82) is 0 Å². The zero-order valence-corrected chi connectivity index (χ0v) is 30.9. The first-order valence-corrected chi connectivity index (χ1v) is 17.1. The summed E-state index contributed by atoms with van der Waals surface area (Å²) in [6, 6.07) is -1.71. The summed E-state index contributed by atoms with van der Waals surface area (Å²) < 4.78 is 18.2. The van der Waals surface area contributed by atoms with Crippen molar-refractivity contribution in [3.8, 4) is 0 Å². The summed E-state index contributed by atoms with van der Waals surface area (Å²) in [5, 5.41) is 61.1. The Morgan fingerprint density at radius 3 is 2.15 bits per heavy atom. The summed E-state index contributed by atoms with van der Waals surface area (Å²) in [6.07, 6.45) is -6.91. The van der Waals surface area contributed by atoms with Gasteiger partial charge in [-0.2, -0.15) is 0 Å². The minimum atomic E-state index is -1.96. The van der Waals surface area contributed by atoms with Crippen LogP contribution in [0.4, 0.5) is 4.79 Å². The Kier molecular flexibility index (Phi) is 14.1. The van der Waals surface area contributed by atoms with Crippen molar-refractivity contribution in [2.24, 2.45) is 17.8 Å². The number of urea groups is 1. The molecule has 6 N–H and O–H groups in total. The molecule has 0 aromatic rings. The lowest BCUT2D eigenvalue weighted by molar-refractivity contribution is -0.299. The van der Waals surface area contributed by atoms with Crippen LogP contribution >= 0.6 is 0 Å². The molecule has 2 aliphatic heterocycles. The number of aliphatic hydroxyl groups is 5. The first-order valence-electron chi connectivity index (χ1n) is 17.1. The Hall–Kier alpha value is -1.58. The number of nitrogens with zero attached hydrogens (tertiary/aromatic N) is 2. The van der Waals surface area contributed by atoms with Crippen LogP contribution in [0.5, 0.6) is 0 Å². The largest absolute Gasteiger partial charge is 0.459 e. The molecule has 2 saturated heterocycles. The number of aliphatic hydroxyl groups excluding tert-OH is 3. The van der Waals surface area contributed by atoms with Gasteiger partial charge in [0.05, 0.1) is 35.9 Å². The van der Waals surface area contributed by atoms with Crippen LogP contribution in [0.3, 0.4) is 0 Å². The molecule has 0 aliphatic carbocycles. The van der Waals surface area contributed by atoms with Crippen LogP contribution in [-0.2, 0) is 19.0 Å². The zero-order chi connectivity index (χ0) is 36.4. The van der Waals surface area contributed by atoms with E-state index in [2.05, 4.69) is 5.32 Å². The van der Waals surface area contributed by atoms with Crippen molar-refractivity contribution in [2.45, 2.75) is 167 Å². The first-order chi connectivity index (χ1) is 21.3. The van der Waals surface area contributed by atoms with Crippen LogP contribution in [-0.4, -0.2) is 140 Å².